The topological polar surface area (TPSA) is 63.3 Å². The number of aliphatic hydroxyl groups is 1. The zero-order chi connectivity index (χ0) is 18.0. The van der Waals surface area contributed by atoms with Gasteiger partial charge in [-0.05, 0) is 36.7 Å². The van der Waals surface area contributed by atoms with Crippen molar-refractivity contribution in [3.8, 4) is 11.3 Å². The smallest absolute Gasteiger partial charge is 0.316 e. The molecule has 3 aromatic rings. The van der Waals surface area contributed by atoms with Gasteiger partial charge < -0.3 is 10.3 Å². The molecule has 130 valence electrons. The Labute approximate surface area is 151 Å². The largest absolute Gasteiger partial charge is 0.710 e. The Hall–Kier alpha value is -2.21. The van der Waals surface area contributed by atoms with Crippen molar-refractivity contribution in [3.05, 3.63) is 64.6 Å². The molecule has 1 N–H and O–H groups in total. The quantitative estimate of drug-likeness (QED) is 0.432. The first-order valence-corrected chi connectivity index (χ1v) is 8.54. The lowest BCUT2D eigenvalue weighted by molar-refractivity contribution is -0.606. The Balaban J connectivity index is 2.20. The van der Waals surface area contributed by atoms with E-state index in [0.717, 1.165) is 10.3 Å². The van der Waals surface area contributed by atoms with Crippen molar-refractivity contribution in [1.82, 2.24) is 9.88 Å². The minimum Gasteiger partial charge on any atom is -0.710 e. The van der Waals surface area contributed by atoms with Crippen molar-refractivity contribution < 1.29 is 9.84 Å². The van der Waals surface area contributed by atoms with Gasteiger partial charge in [0, 0.05) is 10.6 Å². The maximum Gasteiger partial charge on any atom is 0.316 e. The van der Waals surface area contributed by atoms with Gasteiger partial charge in [-0.2, -0.15) is 0 Å². The van der Waals surface area contributed by atoms with E-state index < -0.39 is 6.23 Å². The van der Waals surface area contributed by atoms with E-state index in [1.807, 2.05) is 43.3 Å². The molecule has 5 nitrogen and oxygen atoms in total. The molecule has 1 unspecified atom stereocenters. The van der Waals surface area contributed by atoms with Crippen LogP contribution in [0.2, 0.25) is 5.02 Å². The Kier molecular flexibility index (Phi) is 5.18. The van der Waals surface area contributed by atoms with Crippen LogP contribution in [0.3, 0.4) is 0 Å². The molecule has 0 saturated carbocycles. The van der Waals surface area contributed by atoms with Gasteiger partial charge in [0.1, 0.15) is 18.5 Å². The second-order valence-corrected chi connectivity index (χ2v) is 6.44. The lowest BCUT2D eigenvalue weighted by Gasteiger charge is -2.22. The number of hydrogen-bond acceptors (Lipinski definition) is 4. The molecule has 1 atom stereocenters. The van der Waals surface area contributed by atoms with Crippen LogP contribution in [0, 0.1) is 5.21 Å². The summed E-state index contributed by atoms with van der Waals surface area (Å²) in [5.41, 5.74) is 2.01. The van der Waals surface area contributed by atoms with E-state index in [9.17, 15) is 10.3 Å². The average molecular weight is 358 g/mol. The number of fused-ring (bicyclic) bond motifs is 1. The minimum absolute atomic E-state index is 0.247. The summed E-state index contributed by atoms with van der Waals surface area (Å²) in [6.07, 6.45) is -0.0488. The molecule has 0 radical (unpaired) electrons. The molecule has 0 spiro atoms. The highest BCUT2D eigenvalue weighted by Crippen LogP contribution is 2.27. The summed E-state index contributed by atoms with van der Waals surface area (Å²) in [7, 11) is 1.77. The fraction of sp³-hybridized carbons (Fsp3) is 0.263. The Morgan fingerprint density at radius 3 is 2.64 bits per heavy atom. The van der Waals surface area contributed by atoms with Gasteiger partial charge >= 0.3 is 5.82 Å². The van der Waals surface area contributed by atoms with Crippen molar-refractivity contribution in [2.75, 3.05) is 7.05 Å². The van der Waals surface area contributed by atoms with Gasteiger partial charge in [0.25, 0.3) is 0 Å². The Bertz CT molecular complexity index is 887. The van der Waals surface area contributed by atoms with Crippen molar-refractivity contribution in [2.45, 2.75) is 26.1 Å². The third kappa shape index (κ3) is 3.58. The summed E-state index contributed by atoms with van der Waals surface area (Å²) in [6, 6.07) is 14.8. The van der Waals surface area contributed by atoms with E-state index in [4.69, 9.17) is 11.6 Å². The number of halogens is 1. The number of benzene rings is 2. The highest BCUT2D eigenvalue weighted by atomic mass is 35.5. The van der Waals surface area contributed by atoms with Gasteiger partial charge in [-0.3, -0.25) is 4.90 Å². The zero-order valence-electron chi connectivity index (χ0n) is 14.2. The van der Waals surface area contributed by atoms with Crippen molar-refractivity contribution in [2.24, 2.45) is 0 Å². The third-order valence-corrected chi connectivity index (χ3v) is 4.45. The lowest BCUT2D eigenvalue weighted by Crippen LogP contribution is -2.41. The number of hydrogen-bond donors (Lipinski definition) is 1. The van der Waals surface area contributed by atoms with Crippen molar-refractivity contribution >= 4 is 22.5 Å². The summed E-state index contributed by atoms with van der Waals surface area (Å²) in [5, 5.41) is 24.3. The summed E-state index contributed by atoms with van der Waals surface area (Å²) in [5.74, 6) is 0.337. The van der Waals surface area contributed by atoms with E-state index in [1.165, 1.54) is 0 Å². The number of rotatable bonds is 5. The molecule has 25 heavy (non-hydrogen) atoms. The second kappa shape index (κ2) is 7.35. The molecule has 3 rings (SSSR count). The molecule has 0 fully saturated rings. The first kappa shape index (κ1) is 17.6. The summed E-state index contributed by atoms with van der Waals surface area (Å²) >= 11 is 6.13. The van der Waals surface area contributed by atoms with Crippen LogP contribution < -0.4 is 4.73 Å². The van der Waals surface area contributed by atoms with Crippen LogP contribution in [0.4, 0.5) is 0 Å². The van der Waals surface area contributed by atoms with E-state index in [2.05, 4.69) is 4.98 Å². The number of aromatic nitrogens is 2. The summed E-state index contributed by atoms with van der Waals surface area (Å²) in [4.78, 5) is 6.20. The first-order valence-electron chi connectivity index (χ1n) is 8.16. The van der Waals surface area contributed by atoms with Crippen molar-refractivity contribution in [1.29, 1.82) is 0 Å². The highest BCUT2D eigenvalue weighted by molar-refractivity contribution is 6.31. The normalized spacial score (nSPS) is 12.7. The fourth-order valence-electron chi connectivity index (χ4n) is 2.83. The SMILES string of the molecule is CCC(O)N(C)Cc1nc2ccc(Cl)cc2c(-c2ccccc2)[n+]1[O-]. The van der Waals surface area contributed by atoms with Crippen LogP contribution in [0.1, 0.15) is 19.2 Å². The zero-order valence-corrected chi connectivity index (χ0v) is 14.9. The highest BCUT2D eigenvalue weighted by Gasteiger charge is 2.22. The number of aliphatic hydroxyl groups excluding tert-OH is 1. The summed E-state index contributed by atoms with van der Waals surface area (Å²) < 4.78 is 0.840. The van der Waals surface area contributed by atoms with Gasteiger partial charge in [-0.25, -0.2) is 4.73 Å². The average Bonchev–Trinajstić information content (AvgIpc) is 2.62. The molecule has 6 heteroatoms. The number of nitrogens with zero attached hydrogens (tertiary/aromatic N) is 3. The summed E-state index contributed by atoms with van der Waals surface area (Å²) in [6.45, 7) is 2.13. The van der Waals surface area contributed by atoms with E-state index >= 15 is 0 Å². The molecule has 1 aromatic heterocycles. The lowest BCUT2D eigenvalue weighted by atomic mass is 10.1. The molecule has 2 aromatic carbocycles. The third-order valence-electron chi connectivity index (χ3n) is 4.21. The molecule has 0 bridgehead atoms. The van der Waals surface area contributed by atoms with Crippen LogP contribution in [0.25, 0.3) is 22.2 Å². The molecule has 0 aliphatic rings. The van der Waals surface area contributed by atoms with Gasteiger partial charge in [0.15, 0.2) is 5.52 Å². The minimum atomic E-state index is -0.622. The van der Waals surface area contributed by atoms with Crippen LogP contribution in [-0.4, -0.2) is 28.3 Å². The monoisotopic (exact) mass is 357 g/mol. The van der Waals surface area contributed by atoms with Crippen LogP contribution in [-0.2, 0) is 6.54 Å². The fourth-order valence-corrected chi connectivity index (χ4v) is 3.00. The molecule has 0 aliphatic carbocycles. The maximum absolute atomic E-state index is 13.0. The van der Waals surface area contributed by atoms with Crippen LogP contribution >= 0.6 is 11.6 Å². The molecule has 0 amide bonds. The molecular weight excluding hydrogens is 338 g/mol. The molecule has 0 aliphatic heterocycles. The first-order chi connectivity index (χ1) is 12.0. The molecule has 0 saturated heterocycles. The van der Waals surface area contributed by atoms with E-state index in [1.54, 1.807) is 24.1 Å². The van der Waals surface area contributed by atoms with Gasteiger partial charge in [0.2, 0.25) is 0 Å². The van der Waals surface area contributed by atoms with Gasteiger partial charge in [-0.1, -0.05) is 48.9 Å². The van der Waals surface area contributed by atoms with Crippen LogP contribution in [0.15, 0.2) is 48.5 Å². The predicted molar refractivity (Wildman–Crippen MR) is 98.9 cm³/mol. The molecular formula is C19H20ClN3O2. The van der Waals surface area contributed by atoms with Crippen molar-refractivity contribution in [3.63, 3.8) is 0 Å². The Morgan fingerprint density at radius 1 is 1.24 bits per heavy atom. The van der Waals surface area contributed by atoms with E-state index in [0.29, 0.717) is 33.9 Å². The second-order valence-electron chi connectivity index (χ2n) is 6.00. The van der Waals surface area contributed by atoms with Gasteiger partial charge in [0.05, 0.1) is 5.39 Å². The maximum atomic E-state index is 13.0. The Morgan fingerprint density at radius 2 is 1.96 bits per heavy atom. The standard InChI is InChI=1S/C19H20ClN3O2/c1-3-18(24)22(2)12-17-21-16-10-9-14(20)11-15(16)19(23(17)25)13-7-5-4-6-8-13/h4-11,18,24H,3,12H2,1-2H3. The van der Waals surface area contributed by atoms with Crippen LogP contribution in [0.5, 0.6) is 0 Å². The molecule has 1 heterocycles. The predicted octanol–water partition coefficient (Wildman–Crippen LogP) is 3.35. The van der Waals surface area contributed by atoms with E-state index in [-0.39, 0.29) is 6.54 Å². The van der Waals surface area contributed by atoms with Gasteiger partial charge in [-0.15, -0.1) is 0 Å².